The van der Waals surface area contributed by atoms with E-state index in [-0.39, 0.29) is 11.8 Å². The normalized spacial score (nSPS) is 22.2. The van der Waals surface area contributed by atoms with Gasteiger partial charge < -0.3 is 0 Å². The quantitative estimate of drug-likeness (QED) is 0.133. The van der Waals surface area contributed by atoms with E-state index in [1.54, 1.807) is 0 Å². The molecule has 0 heteroatoms. The molecule has 4 saturated carbocycles. The zero-order valence-corrected chi connectivity index (χ0v) is 40.9. The Morgan fingerprint density at radius 1 is 0.297 bits per heavy atom. The van der Waals surface area contributed by atoms with Crippen molar-refractivity contribution in [2.24, 2.45) is 5.92 Å². The van der Waals surface area contributed by atoms with Gasteiger partial charge in [0.05, 0.1) is 0 Å². The van der Waals surface area contributed by atoms with E-state index in [1.807, 2.05) is 72.8 Å². The van der Waals surface area contributed by atoms with Gasteiger partial charge in [0.1, 0.15) is 0 Å². The van der Waals surface area contributed by atoms with Gasteiger partial charge in [-0.15, -0.1) is 51.4 Å². The monoisotopic (exact) mass is 936 g/mol. The van der Waals surface area contributed by atoms with Gasteiger partial charge >= 0.3 is 0 Å². The maximum Gasteiger partial charge on any atom is 0.0440 e. The first-order chi connectivity index (χ1) is 36.3. The minimum atomic E-state index is -1.40. The molecule has 0 heterocycles. The standard InChI is InChI=1S/C74H48/c1-9-52-33-17-25-41-61(52)69-60-49-70(62-42-26-18-34-53(62)10-2)51-71(69,63-43-27-19-35-54(63)11-3)74(67-47-31-23-39-58(67)15-7,68-48-32-24-40-59(68)16-8)72(50-60,64-44-28-20-36-55(64)12-4)73(70,65-45-29-21-37-56(65)13-5)66-46-30-22-38-57(66)14-6/h1-8,17-48,60,69H,49-51H2. The van der Waals surface area contributed by atoms with Gasteiger partial charge in [0.2, 0.25) is 0 Å². The molecular weight excluding hydrogens is 889 g/mol. The van der Waals surface area contributed by atoms with Crippen molar-refractivity contribution in [2.45, 2.75) is 52.3 Å². The van der Waals surface area contributed by atoms with Crippen LogP contribution in [0, 0.1) is 105 Å². The molecule has 4 aliphatic carbocycles. The molecule has 4 aliphatic rings. The number of benzene rings is 8. The van der Waals surface area contributed by atoms with Gasteiger partial charge in [-0.25, -0.2) is 0 Å². The van der Waals surface area contributed by atoms with E-state index in [2.05, 4.69) is 169 Å². The van der Waals surface area contributed by atoms with Crippen LogP contribution in [-0.4, -0.2) is 0 Å². The van der Waals surface area contributed by atoms with Crippen LogP contribution in [0.15, 0.2) is 194 Å². The summed E-state index contributed by atoms with van der Waals surface area (Å²) in [5.74, 6) is 25.4. The minimum Gasteiger partial charge on any atom is -0.115 e. The maximum atomic E-state index is 7.01. The second kappa shape index (κ2) is 17.8. The summed E-state index contributed by atoms with van der Waals surface area (Å²) >= 11 is 0. The van der Waals surface area contributed by atoms with Crippen molar-refractivity contribution in [1.29, 1.82) is 0 Å². The van der Waals surface area contributed by atoms with Crippen molar-refractivity contribution in [3.63, 3.8) is 0 Å². The average Bonchev–Trinajstić information content (AvgIpc) is 3.51. The van der Waals surface area contributed by atoms with E-state index in [0.29, 0.717) is 47.1 Å². The molecule has 0 amide bonds. The molecule has 0 aromatic heterocycles. The van der Waals surface area contributed by atoms with Crippen LogP contribution in [0.5, 0.6) is 0 Å². The number of hydrogen-bond donors (Lipinski definition) is 0. The Balaban J connectivity index is 1.63. The highest BCUT2D eigenvalue weighted by molar-refractivity contribution is 5.79. The summed E-state index contributed by atoms with van der Waals surface area (Å²) in [7, 11) is 0. The molecule has 0 aliphatic heterocycles. The van der Waals surface area contributed by atoms with Gasteiger partial charge in [0.25, 0.3) is 0 Å². The average molecular weight is 937 g/mol. The summed E-state index contributed by atoms with van der Waals surface area (Å²) in [6, 6.07) is 67.0. The van der Waals surface area contributed by atoms with E-state index >= 15 is 0 Å². The molecule has 0 radical (unpaired) electrons. The fourth-order valence-corrected chi connectivity index (χ4v) is 16.0. The zero-order valence-electron chi connectivity index (χ0n) is 40.9. The summed E-state index contributed by atoms with van der Waals surface area (Å²) in [6.45, 7) is 0. The van der Waals surface area contributed by atoms with Gasteiger partial charge in [0.15, 0.2) is 0 Å². The zero-order chi connectivity index (χ0) is 51.3. The summed E-state index contributed by atoms with van der Waals surface area (Å²) in [6.07, 6.45) is 56.9. The third-order valence-corrected chi connectivity index (χ3v) is 17.5. The summed E-state index contributed by atoms with van der Waals surface area (Å²) in [4.78, 5) is 0. The van der Waals surface area contributed by atoms with Crippen molar-refractivity contribution in [3.05, 3.63) is 283 Å². The van der Waals surface area contributed by atoms with Crippen LogP contribution in [0.2, 0.25) is 0 Å². The van der Waals surface area contributed by atoms with E-state index in [0.717, 1.165) is 61.2 Å². The van der Waals surface area contributed by atoms with Crippen LogP contribution in [0.1, 0.15) is 114 Å². The van der Waals surface area contributed by atoms with Crippen molar-refractivity contribution >= 4 is 0 Å². The molecule has 0 saturated heterocycles. The third kappa shape index (κ3) is 5.71. The van der Waals surface area contributed by atoms with Crippen molar-refractivity contribution in [3.8, 4) is 98.8 Å². The highest BCUT2D eigenvalue weighted by Gasteiger charge is 2.89. The van der Waals surface area contributed by atoms with Gasteiger partial charge in [-0.05, 0) is 124 Å². The number of hydrogen-bond acceptors (Lipinski definition) is 0. The van der Waals surface area contributed by atoms with E-state index in [4.69, 9.17) is 51.4 Å². The Labute approximate surface area is 437 Å². The third-order valence-electron chi connectivity index (χ3n) is 17.5. The first-order valence-electron chi connectivity index (χ1n) is 24.8. The van der Waals surface area contributed by atoms with E-state index < -0.39 is 27.1 Å². The fraction of sp³-hybridized carbons (Fsp3) is 0.135. The Hall–Kier alpha value is -9.76. The lowest BCUT2D eigenvalue weighted by Gasteiger charge is -2.85. The fourth-order valence-electron chi connectivity index (χ4n) is 16.0. The highest BCUT2D eigenvalue weighted by Crippen LogP contribution is 2.89. The van der Waals surface area contributed by atoms with Gasteiger partial charge in [0, 0.05) is 71.6 Å². The molecule has 0 spiro atoms. The van der Waals surface area contributed by atoms with Crippen molar-refractivity contribution in [2.75, 3.05) is 0 Å². The highest BCUT2D eigenvalue weighted by atomic mass is 14.9. The molecule has 0 N–H and O–H groups in total. The largest absolute Gasteiger partial charge is 0.115 e. The maximum absolute atomic E-state index is 7.01. The molecule has 5 atom stereocenters. The van der Waals surface area contributed by atoms with Crippen LogP contribution in [0.3, 0.4) is 0 Å². The van der Waals surface area contributed by atoms with Gasteiger partial charge in [-0.3, -0.25) is 0 Å². The Kier molecular flexibility index (Phi) is 11.2. The SMILES string of the molecule is C#Cc1ccccc1C1C2CC3(c4ccccc4C#C)CC1(c1ccccc1C#C)C(c1ccccc1C#C)(c1ccccc1C#C)C(c1ccccc1C#C)(C2)C3(c1ccccc1C#C)c1ccccc1C#C. The smallest absolute Gasteiger partial charge is 0.0440 e. The Morgan fingerprint density at radius 3 is 1.01 bits per heavy atom. The molecule has 8 aromatic rings. The Bertz CT molecular complexity index is 3870. The molecule has 4 bridgehead atoms. The van der Waals surface area contributed by atoms with Crippen LogP contribution < -0.4 is 0 Å². The molecule has 12 rings (SSSR count). The lowest BCUT2D eigenvalue weighted by atomic mass is 9.15. The molecule has 8 aromatic carbocycles. The van der Waals surface area contributed by atoms with Crippen molar-refractivity contribution in [1.82, 2.24) is 0 Å². The summed E-state index contributed by atoms with van der Waals surface area (Å²) in [5, 5.41) is 0. The van der Waals surface area contributed by atoms with Gasteiger partial charge in [-0.2, -0.15) is 0 Å². The molecular formula is C74H48. The van der Waals surface area contributed by atoms with E-state index in [9.17, 15) is 0 Å². The predicted octanol–water partition coefficient (Wildman–Crippen LogP) is 13.2. The molecule has 5 unspecified atom stereocenters. The van der Waals surface area contributed by atoms with Crippen LogP contribution in [0.25, 0.3) is 0 Å². The minimum absolute atomic E-state index is 0.186. The van der Waals surface area contributed by atoms with Crippen molar-refractivity contribution < 1.29 is 0 Å². The first-order valence-corrected chi connectivity index (χ1v) is 24.8. The summed E-state index contributed by atoms with van der Waals surface area (Å²) < 4.78 is 0. The first kappa shape index (κ1) is 46.6. The van der Waals surface area contributed by atoms with Crippen LogP contribution in [0.4, 0.5) is 0 Å². The molecule has 0 nitrogen and oxygen atoms in total. The lowest BCUT2D eigenvalue weighted by Crippen LogP contribution is -2.87. The predicted molar refractivity (Wildman–Crippen MR) is 302 cm³/mol. The second-order valence-corrected chi connectivity index (χ2v) is 19.8. The molecule has 344 valence electrons. The topological polar surface area (TPSA) is 0 Å². The van der Waals surface area contributed by atoms with Crippen LogP contribution >= 0.6 is 0 Å². The molecule has 74 heavy (non-hydrogen) atoms. The molecule has 4 fully saturated rings. The van der Waals surface area contributed by atoms with Gasteiger partial charge in [-0.1, -0.05) is 193 Å². The number of terminal acetylenes is 8. The second-order valence-electron chi connectivity index (χ2n) is 19.8. The lowest BCUT2D eigenvalue weighted by molar-refractivity contribution is -0.170. The van der Waals surface area contributed by atoms with E-state index in [1.165, 1.54) is 0 Å². The number of rotatable bonds is 8. The Morgan fingerprint density at radius 2 is 0.595 bits per heavy atom. The van der Waals surface area contributed by atoms with Crippen LogP contribution in [-0.2, 0) is 27.1 Å². The summed E-state index contributed by atoms with van der Waals surface area (Å²) in [5.41, 5.74) is 6.83.